The van der Waals surface area contributed by atoms with Gasteiger partial charge in [0.1, 0.15) is 0 Å². The van der Waals surface area contributed by atoms with Crippen molar-refractivity contribution in [3.63, 3.8) is 0 Å². The molecule has 0 saturated carbocycles. The Hall–Kier alpha value is -1.39. The Labute approximate surface area is 121 Å². The van der Waals surface area contributed by atoms with Crippen molar-refractivity contribution in [1.82, 2.24) is 0 Å². The maximum Gasteiger partial charge on any atom is 0.240 e. The van der Waals surface area contributed by atoms with Crippen LogP contribution in [-0.4, -0.2) is 23.5 Å². The minimum Gasteiger partial charge on any atom is -0.370 e. The van der Waals surface area contributed by atoms with Gasteiger partial charge in [-0.3, -0.25) is 9.59 Å². The van der Waals surface area contributed by atoms with Crippen molar-refractivity contribution in [2.45, 2.75) is 31.5 Å². The number of carbonyl (C=O) groups excluding carboxylic acids is 2. The molecule has 0 aliphatic carbocycles. The van der Waals surface area contributed by atoms with E-state index in [0.29, 0.717) is 10.7 Å². The molecule has 1 aromatic rings. The summed E-state index contributed by atoms with van der Waals surface area (Å²) in [7, 11) is 0. The molecule has 0 aromatic heterocycles. The van der Waals surface area contributed by atoms with E-state index in [1.54, 1.807) is 24.3 Å². The lowest BCUT2D eigenvalue weighted by Crippen LogP contribution is -2.39. The molecule has 3 aliphatic heterocycles. The van der Waals surface area contributed by atoms with Crippen molar-refractivity contribution in [2.75, 3.05) is 4.90 Å². The molecule has 2 unspecified atom stereocenters. The van der Waals surface area contributed by atoms with Crippen LogP contribution in [0.4, 0.5) is 5.69 Å². The summed E-state index contributed by atoms with van der Waals surface area (Å²) < 4.78 is 5.88. The van der Waals surface area contributed by atoms with Crippen LogP contribution in [0.3, 0.4) is 0 Å². The molecule has 3 aliphatic rings. The second kappa shape index (κ2) is 3.83. The predicted octanol–water partition coefficient (Wildman–Crippen LogP) is 2.40. The van der Waals surface area contributed by atoms with Crippen molar-refractivity contribution in [3.05, 3.63) is 29.3 Å². The molecule has 0 spiro atoms. The first-order valence-corrected chi connectivity index (χ1v) is 7.20. The SMILES string of the molecule is CC12CCC(O1)[C@H]1C(=O)N(c3cccc(Cl)c3)C(=O)[C@H]12. The zero-order valence-electron chi connectivity index (χ0n) is 11.0. The van der Waals surface area contributed by atoms with E-state index in [4.69, 9.17) is 16.3 Å². The highest BCUT2D eigenvalue weighted by Crippen LogP contribution is 2.55. The van der Waals surface area contributed by atoms with Crippen molar-refractivity contribution >= 4 is 29.1 Å². The van der Waals surface area contributed by atoms with Gasteiger partial charge in [0.15, 0.2) is 0 Å². The highest BCUT2D eigenvalue weighted by molar-refractivity contribution is 6.31. The molecule has 4 atom stereocenters. The molecular weight excluding hydrogens is 278 g/mol. The molecule has 4 nitrogen and oxygen atoms in total. The van der Waals surface area contributed by atoms with Gasteiger partial charge in [-0.1, -0.05) is 17.7 Å². The van der Waals surface area contributed by atoms with Crippen LogP contribution in [0.25, 0.3) is 0 Å². The van der Waals surface area contributed by atoms with E-state index in [1.165, 1.54) is 4.90 Å². The average Bonchev–Trinajstić information content (AvgIpc) is 2.99. The van der Waals surface area contributed by atoms with Crippen molar-refractivity contribution in [2.24, 2.45) is 11.8 Å². The summed E-state index contributed by atoms with van der Waals surface area (Å²) in [6.45, 7) is 1.95. The van der Waals surface area contributed by atoms with Gasteiger partial charge in [0.25, 0.3) is 0 Å². The Morgan fingerprint density at radius 1 is 1.35 bits per heavy atom. The van der Waals surface area contributed by atoms with Crippen molar-refractivity contribution in [1.29, 1.82) is 0 Å². The molecule has 2 amide bonds. The van der Waals surface area contributed by atoms with Gasteiger partial charge in [-0.25, -0.2) is 4.90 Å². The van der Waals surface area contributed by atoms with Gasteiger partial charge in [0, 0.05) is 5.02 Å². The van der Waals surface area contributed by atoms with Gasteiger partial charge >= 0.3 is 0 Å². The Morgan fingerprint density at radius 2 is 2.15 bits per heavy atom. The monoisotopic (exact) mass is 291 g/mol. The third-order valence-electron chi connectivity index (χ3n) is 4.82. The fourth-order valence-electron chi connectivity index (χ4n) is 3.95. The Morgan fingerprint density at radius 3 is 2.85 bits per heavy atom. The molecule has 0 N–H and O–H groups in total. The molecule has 3 heterocycles. The second-order valence-electron chi connectivity index (χ2n) is 6.00. The summed E-state index contributed by atoms with van der Waals surface area (Å²) in [4.78, 5) is 26.6. The van der Waals surface area contributed by atoms with E-state index >= 15 is 0 Å². The van der Waals surface area contributed by atoms with E-state index in [1.807, 2.05) is 6.92 Å². The summed E-state index contributed by atoms with van der Waals surface area (Å²) in [5.74, 6) is -0.948. The molecule has 2 bridgehead atoms. The standard InChI is InChI=1S/C15H14ClNO3/c1-15-6-5-10(20-15)11-12(15)14(19)17(13(11)18)9-4-2-3-8(16)7-9/h2-4,7,10-12H,5-6H2,1H3/t10?,11-,12+,15?/m1/s1. The lowest BCUT2D eigenvalue weighted by atomic mass is 9.74. The van der Waals surface area contributed by atoms with Crippen LogP contribution in [0.2, 0.25) is 5.02 Å². The zero-order chi connectivity index (χ0) is 14.1. The van der Waals surface area contributed by atoms with E-state index in [-0.39, 0.29) is 29.8 Å². The number of hydrogen-bond acceptors (Lipinski definition) is 3. The Balaban J connectivity index is 1.78. The molecular formula is C15H14ClNO3. The van der Waals surface area contributed by atoms with Gasteiger partial charge in [0.05, 0.1) is 29.2 Å². The van der Waals surface area contributed by atoms with Crippen molar-refractivity contribution in [3.8, 4) is 0 Å². The van der Waals surface area contributed by atoms with Crippen LogP contribution < -0.4 is 4.90 Å². The quantitative estimate of drug-likeness (QED) is 0.747. The maximum absolute atomic E-state index is 12.7. The lowest BCUT2D eigenvalue weighted by molar-refractivity contribution is -0.126. The smallest absolute Gasteiger partial charge is 0.240 e. The first kappa shape index (κ1) is 12.4. The Bertz CT molecular complexity index is 631. The summed E-state index contributed by atoms with van der Waals surface area (Å²) in [6, 6.07) is 6.88. The molecule has 4 rings (SSSR count). The van der Waals surface area contributed by atoms with E-state index < -0.39 is 5.60 Å². The predicted molar refractivity (Wildman–Crippen MR) is 73.4 cm³/mol. The minimum absolute atomic E-state index is 0.106. The first-order chi connectivity index (χ1) is 9.51. The molecule has 5 heteroatoms. The molecule has 3 fully saturated rings. The topological polar surface area (TPSA) is 46.6 Å². The zero-order valence-corrected chi connectivity index (χ0v) is 11.8. The third kappa shape index (κ3) is 1.41. The number of carbonyl (C=O) groups is 2. The van der Waals surface area contributed by atoms with E-state index in [0.717, 1.165) is 12.8 Å². The van der Waals surface area contributed by atoms with Crippen LogP contribution in [-0.2, 0) is 14.3 Å². The summed E-state index contributed by atoms with van der Waals surface area (Å²) in [5, 5.41) is 0.519. The number of anilines is 1. The molecule has 20 heavy (non-hydrogen) atoms. The Kier molecular flexibility index (Phi) is 2.37. The number of halogens is 1. The number of fused-ring (bicyclic) bond motifs is 5. The molecule has 1 aromatic carbocycles. The highest BCUT2D eigenvalue weighted by atomic mass is 35.5. The normalized spacial score (nSPS) is 38.7. The number of ether oxygens (including phenoxy) is 1. The third-order valence-corrected chi connectivity index (χ3v) is 5.06. The lowest BCUT2D eigenvalue weighted by Gasteiger charge is -2.26. The summed E-state index contributed by atoms with van der Waals surface area (Å²) in [6.07, 6.45) is 1.60. The van der Waals surface area contributed by atoms with Gasteiger partial charge < -0.3 is 4.74 Å². The van der Waals surface area contributed by atoms with Gasteiger partial charge in [-0.15, -0.1) is 0 Å². The maximum atomic E-state index is 12.7. The number of nitrogens with zero attached hydrogens (tertiary/aromatic N) is 1. The average molecular weight is 292 g/mol. The van der Waals surface area contributed by atoms with Gasteiger partial charge in [-0.05, 0) is 38.0 Å². The van der Waals surface area contributed by atoms with Crippen molar-refractivity contribution < 1.29 is 14.3 Å². The molecule has 0 radical (unpaired) electrons. The van der Waals surface area contributed by atoms with E-state index in [9.17, 15) is 9.59 Å². The van der Waals surface area contributed by atoms with Gasteiger partial charge in [0.2, 0.25) is 11.8 Å². The molecule has 3 saturated heterocycles. The van der Waals surface area contributed by atoms with Crippen LogP contribution >= 0.6 is 11.6 Å². The number of benzene rings is 1. The van der Waals surface area contributed by atoms with Crippen LogP contribution in [0, 0.1) is 11.8 Å². The summed E-state index contributed by atoms with van der Waals surface area (Å²) in [5.41, 5.74) is 0.0833. The summed E-state index contributed by atoms with van der Waals surface area (Å²) >= 11 is 5.96. The highest BCUT2D eigenvalue weighted by Gasteiger charge is 2.67. The number of imide groups is 1. The van der Waals surface area contributed by atoms with Crippen LogP contribution in [0.15, 0.2) is 24.3 Å². The fourth-order valence-corrected chi connectivity index (χ4v) is 4.14. The number of amides is 2. The fraction of sp³-hybridized carbons (Fsp3) is 0.467. The number of hydrogen-bond donors (Lipinski definition) is 0. The largest absolute Gasteiger partial charge is 0.370 e. The minimum atomic E-state index is -0.477. The van der Waals surface area contributed by atoms with Crippen LogP contribution in [0.5, 0.6) is 0 Å². The first-order valence-electron chi connectivity index (χ1n) is 6.82. The number of rotatable bonds is 1. The van der Waals surface area contributed by atoms with Crippen LogP contribution in [0.1, 0.15) is 19.8 Å². The van der Waals surface area contributed by atoms with Gasteiger partial charge in [-0.2, -0.15) is 0 Å². The van der Waals surface area contributed by atoms with E-state index in [2.05, 4.69) is 0 Å². The second-order valence-corrected chi connectivity index (χ2v) is 6.44. The molecule has 104 valence electrons.